The summed E-state index contributed by atoms with van der Waals surface area (Å²) < 4.78 is 0. The fourth-order valence-electron chi connectivity index (χ4n) is 0.728. The zero-order chi connectivity index (χ0) is 5.98. The van der Waals surface area contributed by atoms with Gasteiger partial charge in [0.1, 0.15) is 0 Å². The van der Waals surface area contributed by atoms with E-state index in [0.717, 1.165) is 11.4 Å². The number of amides is 1. The van der Waals surface area contributed by atoms with Crippen molar-refractivity contribution >= 4 is 5.91 Å². The van der Waals surface area contributed by atoms with E-state index in [0.29, 0.717) is 13.0 Å². The van der Waals surface area contributed by atoms with Gasteiger partial charge < -0.3 is 10.5 Å². The number of hydrogen-bond donors (Lipinski definition) is 0. The molecule has 44 valence electrons. The van der Waals surface area contributed by atoms with Crippen molar-refractivity contribution in [3.8, 4) is 0 Å². The highest BCUT2D eigenvalue weighted by molar-refractivity contribution is 5.77. The van der Waals surface area contributed by atoms with Gasteiger partial charge in [0.15, 0.2) is 5.91 Å². The van der Waals surface area contributed by atoms with Crippen LogP contribution in [0.15, 0.2) is 5.22 Å². The number of nitrogens with zero attached hydrogens (tertiary/aromatic N) is 3. The van der Waals surface area contributed by atoms with E-state index in [1.165, 1.54) is 0 Å². The summed E-state index contributed by atoms with van der Waals surface area (Å²) >= 11 is 0. The van der Waals surface area contributed by atoms with Crippen molar-refractivity contribution in [2.45, 2.75) is 12.8 Å². The van der Waals surface area contributed by atoms with Gasteiger partial charge in [-0.2, -0.15) is 0 Å². The molecular weight excluding hydrogens is 106 g/mol. The van der Waals surface area contributed by atoms with Crippen LogP contribution in [0.25, 0.3) is 5.53 Å². The first-order valence-electron chi connectivity index (χ1n) is 2.50. The largest absolute Gasteiger partial charge is 0.361 e. The van der Waals surface area contributed by atoms with E-state index in [4.69, 9.17) is 5.53 Å². The molecule has 1 heterocycles. The first-order valence-corrected chi connectivity index (χ1v) is 2.50. The Kier molecular flexibility index (Phi) is 1.24. The Morgan fingerprint density at radius 3 is 2.75 bits per heavy atom. The summed E-state index contributed by atoms with van der Waals surface area (Å²) in [6, 6.07) is 0. The molecule has 0 aromatic rings. The molecule has 8 heavy (non-hydrogen) atoms. The summed E-state index contributed by atoms with van der Waals surface area (Å²) in [7, 11) is 0. The molecule has 0 aromatic heterocycles. The molecule has 0 atom stereocenters. The van der Waals surface area contributed by atoms with Gasteiger partial charge in [0, 0.05) is 6.42 Å². The lowest BCUT2D eigenvalue weighted by atomic mass is 10.4. The molecule has 0 N–H and O–H groups in total. The summed E-state index contributed by atoms with van der Waals surface area (Å²) in [5.41, 5.74) is 8.07. The first kappa shape index (κ1) is 5.21. The Morgan fingerprint density at radius 2 is 2.50 bits per heavy atom. The number of carbonyl (C=O) groups is 1. The van der Waals surface area contributed by atoms with Gasteiger partial charge in [-0.15, -0.1) is 0 Å². The maximum atomic E-state index is 10.5. The van der Waals surface area contributed by atoms with E-state index in [1.807, 2.05) is 0 Å². The Labute approximate surface area is 47.0 Å². The van der Waals surface area contributed by atoms with E-state index in [2.05, 4.69) is 5.22 Å². The molecule has 1 amide bonds. The molecule has 0 bridgehead atoms. The summed E-state index contributed by atoms with van der Waals surface area (Å²) in [5, 5.41) is 3.82. The van der Waals surface area contributed by atoms with Gasteiger partial charge in [-0.3, -0.25) is 10.0 Å². The van der Waals surface area contributed by atoms with Gasteiger partial charge in [0.25, 0.3) is 0 Å². The van der Waals surface area contributed by atoms with Gasteiger partial charge >= 0.3 is 0 Å². The topological polar surface area (TPSA) is 55.0 Å². The van der Waals surface area contributed by atoms with Crippen molar-refractivity contribution < 1.29 is 4.79 Å². The Bertz CT molecular complexity index is 122. The SMILES string of the molecule is [N-]=NN1CCCC1=O. The lowest BCUT2D eigenvalue weighted by Crippen LogP contribution is -2.15. The predicted octanol–water partition coefficient (Wildman–Crippen LogP) is 0.545. The smallest absolute Gasteiger partial charge is 0.160 e. The normalized spacial score (nSPS) is 19.5. The maximum absolute atomic E-state index is 10.5. The molecule has 4 nitrogen and oxygen atoms in total. The number of carbonyl (C=O) groups excluding carboxylic acids is 1. The number of hydrogen-bond acceptors (Lipinski definition) is 2. The van der Waals surface area contributed by atoms with Crippen molar-refractivity contribution in [2.24, 2.45) is 5.22 Å². The third-order valence-electron chi connectivity index (χ3n) is 1.16. The second-order valence-electron chi connectivity index (χ2n) is 1.71. The van der Waals surface area contributed by atoms with Gasteiger partial charge in [-0.25, -0.2) is 0 Å². The van der Waals surface area contributed by atoms with Crippen LogP contribution in [-0.4, -0.2) is 17.5 Å². The van der Waals surface area contributed by atoms with Crippen LogP contribution in [0.5, 0.6) is 0 Å². The van der Waals surface area contributed by atoms with Crippen LogP contribution >= 0.6 is 0 Å². The van der Waals surface area contributed by atoms with E-state index in [-0.39, 0.29) is 5.91 Å². The second-order valence-corrected chi connectivity index (χ2v) is 1.71. The highest BCUT2D eigenvalue weighted by Gasteiger charge is 2.10. The average molecular weight is 112 g/mol. The van der Waals surface area contributed by atoms with Crippen molar-refractivity contribution in [3.05, 3.63) is 5.53 Å². The third-order valence-corrected chi connectivity index (χ3v) is 1.16. The predicted molar refractivity (Wildman–Crippen MR) is 26.7 cm³/mol. The number of rotatable bonds is 1. The molecule has 0 spiro atoms. The van der Waals surface area contributed by atoms with E-state index in [9.17, 15) is 4.79 Å². The summed E-state index contributed by atoms with van der Waals surface area (Å²) in [5.74, 6) is -0.0903. The van der Waals surface area contributed by atoms with Gasteiger partial charge in [0.2, 0.25) is 0 Å². The molecule has 1 saturated heterocycles. The van der Waals surface area contributed by atoms with Crippen molar-refractivity contribution in [3.63, 3.8) is 0 Å². The highest BCUT2D eigenvalue weighted by atomic mass is 16.2. The molecule has 4 heteroatoms. The molecule has 0 unspecified atom stereocenters. The molecule has 0 saturated carbocycles. The second kappa shape index (κ2) is 1.90. The summed E-state index contributed by atoms with van der Waals surface area (Å²) in [4.78, 5) is 10.5. The molecule has 1 aliphatic rings. The maximum Gasteiger partial charge on any atom is 0.160 e. The van der Waals surface area contributed by atoms with Crippen LogP contribution in [0.3, 0.4) is 0 Å². The van der Waals surface area contributed by atoms with Crippen LogP contribution < -0.4 is 0 Å². The van der Waals surface area contributed by atoms with E-state index >= 15 is 0 Å². The Hall–Kier alpha value is -0.930. The monoisotopic (exact) mass is 112 g/mol. The molecule has 1 aliphatic heterocycles. The lowest BCUT2D eigenvalue weighted by Gasteiger charge is -2.13. The van der Waals surface area contributed by atoms with Gasteiger partial charge in [-0.05, 0) is 13.0 Å². The van der Waals surface area contributed by atoms with Gasteiger partial charge in [-0.1, -0.05) is 0 Å². The minimum absolute atomic E-state index is 0.0903. The average Bonchev–Trinajstić information content (AvgIpc) is 2.14. The van der Waals surface area contributed by atoms with Crippen LogP contribution in [-0.2, 0) is 4.79 Å². The Balaban J connectivity index is 2.54. The Morgan fingerprint density at radius 1 is 1.75 bits per heavy atom. The third kappa shape index (κ3) is 0.685. The minimum Gasteiger partial charge on any atom is -0.361 e. The zero-order valence-electron chi connectivity index (χ0n) is 4.37. The van der Waals surface area contributed by atoms with Crippen molar-refractivity contribution in [1.82, 2.24) is 5.01 Å². The molecule has 1 fully saturated rings. The summed E-state index contributed by atoms with van der Waals surface area (Å²) in [6.07, 6.45) is 1.33. The standard InChI is InChI=1S/C4H6N3O/c5-6-7-3-1-2-4(7)8/h1-3H2/q-1. The van der Waals surface area contributed by atoms with Gasteiger partial charge in [0.05, 0.1) is 0 Å². The molecule has 1 rings (SSSR count). The molecule has 0 radical (unpaired) electrons. The van der Waals surface area contributed by atoms with E-state index < -0.39 is 0 Å². The van der Waals surface area contributed by atoms with Crippen LogP contribution in [0.1, 0.15) is 12.8 Å². The van der Waals surface area contributed by atoms with Crippen LogP contribution in [0.2, 0.25) is 0 Å². The summed E-state index contributed by atoms with van der Waals surface area (Å²) in [6.45, 7) is 0.565. The molecule has 0 aromatic carbocycles. The van der Waals surface area contributed by atoms with Crippen molar-refractivity contribution in [2.75, 3.05) is 6.54 Å². The highest BCUT2D eigenvalue weighted by Crippen LogP contribution is 2.08. The van der Waals surface area contributed by atoms with Crippen molar-refractivity contribution in [1.29, 1.82) is 0 Å². The van der Waals surface area contributed by atoms with E-state index in [1.54, 1.807) is 0 Å². The molecule has 0 aliphatic carbocycles. The van der Waals surface area contributed by atoms with Crippen LogP contribution in [0, 0.1) is 0 Å². The van der Waals surface area contributed by atoms with Crippen LogP contribution in [0.4, 0.5) is 0 Å². The fraction of sp³-hybridized carbons (Fsp3) is 0.750. The molecular formula is C4H6N3O-. The quantitative estimate of drug-likeness (QED) is 0.457. The zero-order valence-corrected chi connectivity index (χ0v) is 4.37. The minimum atomic E-state index is -0.0903. The lowest BCUT2D eigenvalue weighted by molar-refractivity contribution is -0.127. The first-order chi connectivity index (χ1) is 3.84. The fourth-order valence-corrected chi connectivity index (χ4v) is 0.728.